The van der Waals surface area contributed by atoms with Crippen LogP contribution in [0.5, 0.6) is 0 Å². The summed E-state index contributed by atoms with van der Waals surface area (Å²) in [5, 5.41) is 5.99. The third-order valence-corrected chi connectivity index (χ3v) is 11.4. The second-order valence-electron chi connectivity index (χ2n) is 14.4. The van der Waals surface area contributed by atoms with Crippen molar-refractivity contribution in [3.63, 3.8) is 0 Å². The van der Waals surface area contributed by atoms with Crippen LogP contribution < -0.4 is 0 Å². The van der Waals surface area contributed by atoms with Gasteiger partial charge in [0.25, 0.3) is 0 Å². The second kappa shape index (κ2) is 12.4. The van der Waals surface area contributed by atoms with Gasteiger partial charge in [0.15, 0.2) is 5.82 Å². The zero-order chi connectivity index (χ0) is 36.5. The quantitative estimate of drug-likeness (QED) is 0.180. The van der Waals surface area contributed by atoms with Gasteiger partial charge in [-0.3, -0.25) is 0 Å². The Morgan fingerprint density at radius 3 is 1.57 bits per heavy atom. The van der Waals surface area contributed by atoms with Gasteiger partial charge >= 0.3 is 0 Å². The summed E-state index contributed by atoms with van der Waals surface area (Å²) in [7, 11) is 0. The predicted molar refractivity (Wildman–Crippen MR) is 226 cm³/mol. The summed E-state index contributed by atoms with van der Waals surface area (Å²) < 4.78 is 4.83. The standard InChI is InChI=1S/C50H38N4/c1-31-33(3)53(47-22-11-8-16-41(31)47)39-28-38(29-40(30-39)54-34(4)32(2)42-17-9-12-23-48(42)54)35-24-26-37(27-25-35)50-51-46-21-10-7-19-45(46)49(52-50)44-20-13-15-36-14-5-6-18-43(36)44/h5-30H,1-4H3. The molecule has 0 radical (unpaired) electrons. The van der Waals surface area contributed by atoms with E-state index in [1.54, 1.807) is 0 Å². The van der Waals surface area contributed by atoms with Crippen LogP contribution in [-0.4, -0.2) is 19.1 Å². The van der Waals surface area contributed by atoms with Crippen molar-refractivity contribution >= 4 is 43.5 Å². The summed E-state index contributed by atoms with van der Waals surface area (Å²) >= 11 is 0. The van der Waals surface area contributed by atoms with Crippen LogP contribution in [0.1, 0.15) is 22.5 Å². The number of hydrogen-bond acceptors (Lipinski definition) is 2. The molecule has 0 aliphatic heterocycles. The summed E-state index contributed by atoms with van der Waals surface area (Å²) in [6.07, 6.45) is 0. The maximum Gasteiger partial charge on any atom is 0.160 e. The van der Waals surface area contributed by atoms with E-state index in [1.807, 2.05) is 6.07 Å². The molecule has 0 unspecified atom stereocenters. The summed E-state index contributed by atoms with van der Waals surface area (Å²) in [4.78, 5) is 10.4. The fourth-order valence-corrected chi connectivity index (χ4v) is 8.40. The Morgan fingerprint density at radius 1 is 0.407 bits per heavy atom. The molecule has 4 heteroatoms. The minimum Gasteiger partial charge on any atom is -0.314 e. The SMILES string of the molecule is Cc1c(C)n(-c2cc(-c3ccc(-c4nc(-c5cccc6ccccc56)c5ccccc5n4)cc3)cc(-n3c(C)c(C)c4ccccc43)c2)c2ccccc12. The highest BCUT2D eigenvalue weighted by Gasteiger charge is 2.18. The van der Waals surface area contributed by atoms with E-state index in [9.17, 15) is 0 Å². The zero-order valence-corrected chi connectivity index (χ0v) is 30.8. The largest absolute Gasteiger partial charge is 0.314 e. The van der Waals surface area contributed by atoms with Crippen molar-refractivity contribution in [1.29, 1.82) is 0 Å². The summed E-state index contributed by atoms with van der Waals surface area (Å²) in [6, 6.07) is 56.5. The number of hydrogen-bond donors (Lipinski definition) is 0. The molecule has 3 aromatic heterocycles. The van der Waals surface area contributed by atoms with Crippen LogP contribution in [0.3, 0.4) is 0 Å². The second-order valence-corrected chi connectivity index (χ2v) is 14.4. The van der Waals surface area contributed by atoms with Gasteiger partial charge in [-0.05, 0) is 97.1 Å². The van der Waals surface area contributed by atoms with Crippen molar-refractivity contribution < 1.29 is 0 Å². The predicted octanol–water partition coefficient (Wildman–Crippen LogP) is 12.9. The van der Waals surface area contributed by atoms with Gasteiger partial charge in [0.1, 0.15) is 0 Å². The van der Waals surface area contributed by atoms with Crippen LogP contribution in [0.15, 0.2) is 158 Å². The van der Waals surface area contributed by atoms with Gasteiger partial charge in [-0.25, -0.2) is 9.97 Å². The van der Waals surface area contributed by atoms with Crippen molar-refractivity contribution in [2.24, 2.45) is 0 Å². The first kappa shape index (κ1) is 31.9. The van der Waals surface area contributed by atoms with E-state index in [-0.39, 0.29) is 0 Å². The number of nitrogens with zero attached hydrogens (tertiary/aromatic N) is 4. The van der Waals surface area contributed by atoms with Crippen molar-refractivity contribution in [3.8, 4) is 45.1 Å². The van der Waals surface area contributed by atoms with E-state index in [1.165, 1.54) is 55.1 Å². The fraction of sp³-hybridized carbons (Fsp3) is 0.0800. The molecule has 4 nitrogen and oxygen atoms in total. The van der Waals surface area contributed by atoms with Gasteiger partial charge in [-0.1, -0.05) is 121 Å². The van der Waals surface area contributed by atoms with Gasteiger partial charge in [-0.15, -0.1) is 0 Å². The molecular weight excluding hydrogens is 657 g/mol. The Kier molecular flexibility index (Phi) is 7.34. The summed E-state index contributed by atoms with van der Waals surface area (Å²) in [5.41, 5.74) is 16.1. The topological polar surface area (TPSA) is 35.6 Å². The van der Waals surface area contributed by atoms with Crippen molar-refractivity contribution in [2.75, 3.05) is 0 Å². The van der Waals surface area contributed by atoms with Crippen molar-refractivity contribution in [3.05, 3.63) is 180 Å². The van der Waals surface area contributed by atoms with Gasteiger partial charge in [0.2, 0.25) is 0 Å². The van der Waals surface area contributed by atoms with Crippen LogP contribution in [0.25, 0.3) is 88.6 Å². The Balaban J connectivity index is 1.14. The van der Waals surface area contributed by atoms with Crippen LogP contribution in [-0.2, 0) is 0 Å². The maximum absolute atomic E-state index is 5.27. The van der Waals surface area contributed by atoms with E-state index < -0.39 is 0 Å². The molecule has 0 N–H and O–H groups in total. The molecule has 10 aromatic rings. The highest BCUT2D eigenvalue weighted by atomic mass is 15.0. The number of aryl methyl sites for hydroxylation is 2. The lowest BCUT2D eigenvalue weighted by Crippen LogP contribution is -2.02. The number of aromatic nitrogens is 4. The molecule has 10 rings (SSSR count). The van der Waals surface area contributed by atoms with E-state index in [0.29, 0.717) is 5.82 Å². The Hall–Kier alpha value is -6.78. The molecule has 54 heavy (non-hydrogen) atoms. The van der Waals surface area contributed by atoms with E-state index >= 15 is 0 Å². The van der Waals surface area contributed by atoms with Gasteiger partial charge in [-0.2, -0.15) is 0 Å². The smallest absolute Gasteiger partial charge is 0.160 e. The lowest BCUT2D eigenvalue weighted by Gasteiger charge is -2.17. The van der Waals surface area contributed by atoms with Gasteiger partial charge in [0.05, 0.1) is 22.2 Å². The molecule has 258 valence electrons. The first-order chi connectivity index (χ1) is 26.4. The van der Waals surface area contributed by atoms with Crippen LogP contribution in [0, 0.1) is 27.7 Å². The third kappa shape index (κ3) is 4.98. The van der Waals surface area contributed by atoms with Crippen LogP contribution in [0.4, 0.5) is 0 Å². The molecule has 0 aliphatic carbocycles. The molecule has 0 atom stereocenters. The molecule has 0 saturated heterocycles. The monoisotopic (exact) mass is 694 g/mol. The summed E-state index contributed by atoms with van der Waals surface area (Å²) in [6.45, 7) is 8.91. The molecule has 0 saturated carbocycles. The van der Waals surface area contributed by atoms with Gasteiger partial charge in [0, 0.05) is 50.0 Å². The van der Waals surface area contributed by atoms with Crippen LogP contribution >= 0.6 is 0 Å². The molecule has 7 aromatic carbocycles. The van der Waals surface area contributed by atoms with E-state index in [2.05, 4.69) is 188 Å². The number of benzene rings is 7. The van der Waals surface area contributed by atoms with Gasteiger partial charge < -0.3 is 9.13 Å². The minimum absolute atomic E-state index is 0.715. The molecule has 0 bridgehead atoms. The molecule has 0 fully saturated rings. The lowest BCUT2D eigenvalue weighted by molar-refractivity contribution is 1.01. The fourth-order valence-electron chi connectivity index (χ4n) is 8.40. The van der Waals surface area contributed by atoms with Crippen molar-refractivity contribution in [1.82, 2.24) is 19.1 Å². The number of para-hydroxylation sites is 3. The van der Waals surface area contributed by atoms with E-state index in [0.717, 1.165) is 50.2 Å². The molecule has 0 amide bonds. The average molecular weight is 695 g/mol. The molecule has 3 heterocycles. The number of fused-ring (bicyclic) bond motifs is 4. The first-order valence-corrected chi connectivity index (χ1v) is 18.6. The molecular formula is C50H38N4. The first-order valence-electron chi connectivity index (χ1n) is 18.6. The van der Waals surface area contributed by atoms with E-state index in [4.69, 9.17) is 9.97 Å². The highest BCUT2D eigenvalue weighted by Crippen LogP contribution is 2.37. The summed E-state index contributed by atoms with van der Waals surface area (Å²) in [5.74, 6) is 0.715. The minimum atomic E-state index is 0.715. The Bertz CT molecular complexity index is 2980. The number of rotatable bonds is 5. The van der Waals surface area contributed by atoms with Crippen LogP contribution in [0.2, 0.25) is 0 Å². The zero-order valence-electron chi connectivity index (χ0n) is 30.8. The lowest BCUT2D eigenvalue weighted by atomic mass is 9.98. The molecule has 0 aliphatic rings. The Morgan fingerprint density at radius 2 is 0.926 bits per heavy atom. The third-order valence-electron chi connectivity index (χ3n) is 11.4. The molecule has 0 spiro atoms. The maximum atomic E-state index is 5.27. The Labute approximate surface area is 314 Å². The highest BCUT2D eigenvalue weighted by molar-refractivity contribution is 6.03. The normalized spacial score (nSPS) is 11.7. The average Bonchev–Trinajstić information content (AvgIpc) is 3.63. The van der Waals surface area contributed by atoms with Crippen molar-refractivity contribution in [2.45, 2.75) is 27.7 Å².